The number of pyridine rings is 1. The third kappa shape index (κ3) is 4.46. The van der Waals surface area contributed by atoms with Crippen molar-refractivity contribution in [2.24, 2.45) is 5.92 Å². The highest BCUT2D eigenvalue weighted by atomic mass is 35.5. The molecule has 3 aromatic rings. The van der Waals surface area contributed by atoms with E-state index in [0.717, 1.165) is 63.1 Å². The zero-order valence-electron chi connectivity index (χ0n) is 16.8. The second-order valence-electron chi connectivity index (χ2n) is 7.66. The third-order valence-electron chi connectivity index (χ3n) is 5.75. The Kier molecular flexibility index (Phi) is 6.16. The monoisotopic (exact) mass is 410 g/mol. The number of nitrogens with one attached hydrogen (secondary N) is 1. The average Bonchev–Trinajstić information content (AvgIpc) is 3.11. The summed E-state index contributed by atoms with van der Waals surface area (Å²) < 4.78 is 2.08. The normalized spacial score (nSPS) is 15.2. The standard InChI is InChI=1S/C23H27ClN4O/c1-2-21-22(28-15-19(24)5-8-23(28)26-21)14-25-13-17-3-6-20(7-4-17)27-11-9-18(16-29)10-12-27/h3-8,15-16,18,25H,2,9-14H2,1H3. The molecule has 1 fully saturated rings. The topological polar surface area (TPSA) is 49.6 Å². The predicted octanol–water partition coefficient (Wildman–Crippen LogP) is 4.26. The van der Waals surface area contributed by atoms with Crippen LogP contribution in [0.4, 0.5) is 5.69 Å². The summed E-state index contributed by atoms with van der Waals surface area (Å²) in [6.07, 6.45) is 5.84. The van der Waals surface area contributed by atoms with Gasteiger partial charge in [0.05, 0.1) is 16.4 Å². The number of nitrogens with zero attached hydrogens (tertiary/aromatic N) is 3. The maximum atomic E-state index is 10.9. The number of aldehydes is 1. The van der Waals surface area contributed by atoms with E-state index in [2.05, 4.69) is 45.8 Å². The molecule has 0 atom stereocenters. The highest BCUT2D eigenvalue weighted by Gasteiger charge is 2.18. The summed E-state index contributed by atoms with van der Waals surface area (Å²) in [4.78, 5) is 18.0. The van der Waals surface area contributed by atoms with E-state index < -0.39 is 0 Å². The van der Waals surface area contributed by atoms with Crippen LogP contribution in [0.25, 0.3) is 5.65 Å². The lowest BCUT2D eigenvalue weighted by atomic mass is 9.98. The Morgan fingerprint density at radius 3 is 2.59 bits per heavy atom. The van der Waals surface area contributed by atoms with Crippen LogP contribution < -0.4 is 10.2 Å². The smallest absolute Gasteiger partial charge is 0.137 e. The molecule has 152 valence electrons. The maximum Gasteiger partial charge on any atom is 0.137 e. The van der Waals surface area contributed by atoms with Crippen molar-refractivity contribution in [2.75, 3.05) is 18.0 Å². The van der Waals surface area contributed by atoms with Gasteiger partial charge in [-0.3, -0.25) is 0 Å². The highest BCUT2D eigenvalue weighted by molar-refractivity contribution is 6.30. The molecule has 29 heavy (non-hydrogen) atoms. The molecular formula is C23H27ClN4O. The van der Waals surface area contributed by atoms with Gasteiger partial charge in [-0.05, 0) is 49.1 Å². The van der Waals surface area contributed by atoms with Crippen LogP contribution in [-0.4, -0.2) is 28.8 Å². The first-order chi connectivity index (χ1) is 14.2. The lowest BCUT2D eigenvalue weighted by Crippen LogP contribution is -2.34. The van der Waals surface area contributed by atoms with Crippen LogP contribution in [0.15, 0.2) is 42.6 Å². The summed E-state index contributed by atoms with van der Waals surface area (Å²) in [5.74, 6) is 0.234. The van der Waals surface area contributed by atoms with Crippen LogP contribution in [0.5, 0.6) is 0 Å². The van der Waals surface area contributed by atoms with Crippen LogP contribution in [0, 0.1) is 5.92 Å². The van der Waals surface area contributed by atoms with Gasteiger partial charge in [-0.25, -0.2) is 4.98 Å². The minimum absolute atomic E-state index is 0.234. The van der Waals surface area contributed by atoms with Gasteiger partial charge in [0.25, 0.3) is 0 Å². The quantitative estimate of drug-likeness (QED) is 0.591. The number of anilines is 1. The van der Waals surface area contributed by atoms with Gasteiger partial charge < -0.3 is 19.4 Å². The Morgan fingerprint density at radius 1 is 1.14 bits per heavy atom. The predicted molar refractivity (Wildman–Crippen MR) is 118 cm³/mol. The lowest BCUT2D eigenvalue weighted by Gasteiger charge is -2.31. The zero-order chi connectivity index (χ0) is 20.2. The number of imidazole rings is 1. The SMILES string of the molecule is CCc1nc2ccc(Cl)cn2c1CNCc1ccc(N2CCC(C=O)CC2)cc1. The number of aryl methyl sites for hydroxylation is 1. The molecule has 0 spiro atoms. The lowest BCUT2D eigenvalue weighted by molar-refractivity contribution is -0.111. The highest BCUT2D eigenvalue weighted by Crippen LogP contribution is 2.23. The Balaban J connectivity index is 1.37. The first kappa shape index (κ1) is 19.9. The second kappa shape index (κ2) is 8.97. The van der Waals surface area contributed by atoms with Crippen LogP contribution in [0.1, 0.15) is 36.7 Å². The van der Waals surface area contributed by atoms with Gasteiger partial charge in [0, 0.05) is 44.0 Å². The number of hydrogen-bond acceptors (Lipinski definition) is 4. The summed E-state index contributed by atoms with van der Waals surface area (Å²) in [7, 11) is 0. The van der Waals surface area contributed by atoms with Crippen molar-refractivity contribution in [3.8, 4) is 0 Å². The summed E-state index contributed by atoms with van der Waals surface area (Å²) in [5.41, 5.74) is 5.70. The summed E-state index contributed by atoms with van der Waals surface area (Å²) in [6, 6.07) is 12.6. The zero-order valence-corrected chi connectivity index (χ0v) is 17.5. The third-order valence-corrected chi connectivity index (χ3v) is 5.98. The Hall–Kier alpha value is -2.37. The number of hydrogen-bond donors (Lipinski definition) is 1. The maximum absolute atomic E-state index is 10.9. The molecule has 0 unspecified atom stereocenters. The molecule has 1 N–H and O–H groups in total. The molecule has 6 heteroatoms. The first-order valence-corrected chi connectivity index (χ1v) is 10.7. The Bertz CT molecular complexity index is 974. The molecule has 0 bridgehead atoms. The van der Waals surface area contributed by atoms with Crippen LogP contribution in [0.2, 0.25) is 5.02 Å². The van der Waals surface area contributed by atoms with Crippen molar-refractivity contribution in [1.82, 2.24) is 14.7 Å². The molecule has 3 heterocycles. The first-order valence-electron chi connectivity index (χ1n) is 10.3. The van der Waals surface area contributed by atoms with E-state index in [1.165, 1.54) is 16.9 Å². The van der Waals surface area contributed by atoms with Gasteiger partial charge >= 0.3 is 0 Å². The van der Waals surface area contributed by atoms with Crippen LogP contribution >= 0.6 is 11.6 Å². The molecule has 1 aromatic carbocycles. The van der Waals surface area contributed by atoms with E-state index in [1.54, 1.807) is 0 Å². The summed E-state index contributed by atoms with van der Waals surface area (Å²) in [5, 5.41) is 4.26. The van der Waals surface area contributed by atoms with E-state index in [0.29, 0.717) is 5.02 Å². The molecule has 0 aliphatic carbocycles. The fourth-order valence-electron chi connectivity index (χ4n) is 4.03. The molecule has 2 aromatic heterocycles. The Morgan fingerprint density at radius 2 is 1.90 bits per heavy atom. The number of benzene rings is 1. The number of aromatic nitrogens is 2. The van der Waals surface area contributed by atoms with Gasteiger partial charge in [0.2, 0.25) is 0 Å². The molecule has 0 radical (unpaired) electrons. The van der Waals surface area contributed by atoms with Crippen LogP contribution in [-0.2, 0) is 24.3 Å². The number of fused-ring (bicyclic) bond motifs is 1. The van der Waals surface area contributed by atoms with E-state index >= 15 is 0 Å². The number of piperidine rings is 1. The van der Waals surface area contributed by atoms with Gasteiger partial charge in [-0.2, -0.15) is 0 Å². The number of halogens is 1. The number of carbonyl (C=O) groups excluding carboxylic acids is 1. The molecule has 0 amide bonds. The van der Waals surface area contributed by atoms with Gasteiger partial charge in [0.15, 0.2) is 0 Å². The number of carbonyl (C=O) groups is 1. The van der Waals surface area contributed by atoms with Gasteiger partial charge in [-0.15, -0.1) is 0 Å². The fourth-order valence-corrected chi connectivity index (χ4v) is 4.19. The molecule has 1 aliphatic rings. The van der Waals surface area contributed by atoms with E-state index in [9.17, 15) is 4.79 Å². The van der Waals surface area contributed by atoms with Crippen molar-refractivity contribution < 1.29 is 4.79 Å². The second-order valence-corrected chi connectivity index (χ2v) is 8.10. The average molecular weight is 411 g/mol. The summed E-state index contributed by atoms with van der Waals surface area (Å²) in [6.45, 7) is 5.58. The molecule has 5 nitrogen and oxygen atoms in total. The molecule has 1 saturated heterocycles. The van der Waals surface area contributed by atoms with Crippen molar-refractivity contribution in [1.29, 1.82) is 0 Å². The Labute approximate surface area is 176 Å². The van der Waals surface area contributed by atoms with Gasteiger partial charge in [0.1, 0.15) is 11.9 Å². The van der Waals surface area contributed by atoms with E-state index in [4.69, 9.17) is 16.6 Å². The van der Waals surface area contributed by atoms with Crippen molar-refractivity contribution >= 4 is 29.2 Å². The van der Waals surface area contributed by atoms with Crippen molar-refractivity contribution in [3.63, 3.8) is 0 Å². The largest absolute Gasteiger partial charge is 0.371 e. The minimum atomic E-state index is 0.234. The molecular weight excluding hydrogens is 384 g/mol. The fraction of sp³-hybridized carbons (Fsp3) is 0.391. The van der Waals surface area contributed by atoms with Crippen molar-refractivity contribution in [3.05, 3.63) is 64.6 Å². The van der Waals surface area contributed by atoms with Crippen molar-refractivity contribution in [2.45, 2.75) is 39.3 Å². The van der Waals surface area contributed by atoms with E-state index in [1.807, 2.05) is 18.3 Å². The summed E-state index contributed by atoms with van der Waals surface area (Å²) >= 11 is 6.18. The molecule has 4 rings (SSSR count). The van der Waals surface area contributed by atoms with E-state index in [-0.39, 0.29) is 5.92 Å². The van der Waals surface area contributed by atoms with Crippen LogP contribution in [0.3, 0.4) is 0 Å². The number of rotatable bonds is 7. The minimum Gasteiger partial charge on any atom is -0.371 e. The van der Waals surface area contributed by atoms with Gasteiger partial charge in [-0.1, -0.05) is 30.7 Å². The molecule has 1 aliphatic heterocycles. The molecule has 0 saturated carbocycles.